The highest BCUT2D eigenvalue weighted by Gasteiger charge is 2.29. The van der Waals surface area contributed by atoms with Gasteiger partial charge in [0.05, 0.1) is 11.4 Å². The summed E-state index contributed by atoms with van der Waals surface area (Å²) in [6.07, 6.45) is 4.43. The average Bonchev–Trinajstić information content (AvgIpc) is 3.54. The maximum absolute atomic E-state index is 12.5. The van der Waals surface area contributed by atoms with Crippen molar-refractivity contribution in [1.82, 2.24) is 9.97 Å². The summed E-state index contributed by atoms with van der Waals surface area (Å²) in [4.78, 5) is 26.6. The van der Waals surface area contributed by atoms with Crippen LogP contribution in [0.3, 0.4) is 0 Å². The van der Waals surface area contributed by atoms with Gasteiger partial charge in [-0.05, 0) is 67.3 Å². The summed E-state index contributed by atoms with van der Waals surface area (Å²) in [5.74, 6) is 1.27. The predicted octanol–water partition coefficient (Wildman–Crippen LogP) is 3.40. The molecule has 5 nitrogen and oxygen atoms in total. The van der Waals surface area contributed by atoms with Gasteiger partial charge in [0.25, 0.3) is 5.56 Å². The molecule has 2 aromatic carbocycles. The Labute approximate surface area is 169 Å². The number of anilines is 2. The predicted molar refractivity (Wildman–Crippen MR) is 116 cm³/mol. The van der Waals surface area contributed by atoms with E-state index >= 15 is 0 Å². The molecular formula is C24H24N4O. The van der Waals surface area contributed by atoms with Crippen molar-refractivity contribution >= 4 is 23.8 Å². The molecule has 0 amide bonds. The van der Waals surface area contributed by atoms with Crippen molar-refractivity contribution in [2.24, 2.45) is 4.99 Å². The van der Waals surface area contributed by atoms with E-state index in [4.69, 9.17) is 0 Å². The summed E-state index contributed by atoms with van der Waals surface area (Å²) in [5, 5.41) is 0.378. The van der Waals surface area contributed by atoms with Crippen LogP contribution >= 0.6 is 0 Å². The van der Waals surface area contributed by atoms with Crippen LogP contribution in [-0.2, 0) is 6.42 Å². The number of nitrogens with zero attached hydrogens (tertiary/aromatic N) is 3. The molecule has 1 fully saturated rings. The molecule has 0 saturated heterocycles. The van der Waals surface area contributed by atoms with E-state index in [2.05, 4.69) is 69.8 Å². The fourth-order valence-electron chi connectivity index (χ4n) is 4.17. The van der Waals surface area contributed by atoms with Crippen LogP contribution in [0.15, 0.2) is 52.3 Å². The standard InChI is InChI=1S/C24H24N4O/c1-15-13-20-21(14-19(15)18-10-11-18)28(12-6-9-17-7-4-3-5-8-17)23-22(27-20)24(29)26-16(2)25-23/h3-5,7-8,13-14,18H,2,6,9-12H2,1H3,(H,26,29). The van der Waals surface area contributed by atoms with Gasteiger partial charge in [-0.15, -0.1) is 0 Å². The maximum atomic E-state index is 12.5. The zero-order valence-corrected chi connectivity index (χ0v) is 16.6. The summed E-state index contributed by atoms with van der Waals surface area (Å²) < 4.78 is 0. The number of aromatic amines is 1. The van der Waals surface area contributed by atoms with E-state index in [1.807, 2.05) is 6.07 Å². The number of hydrogen-bond acceptors (Lipinski definition) is 4. The molecule has 3 aromatic rings. The number of fused-ring (bicyclic) bond motifs is 2. The third-order valence-electron chi connectivity index (χ3n) is 5.77. The number of aromatic nitrogens is 2. The molecule has 0 radical (unpaired) electrons. The lowest BCUT2D eigenvalue weighted by molar-refractivity contribution is 0.783. The van der Waals surface area contributed by atoms with E-state index in [1.165, 1.54) is 29.5 Å². The SMILES string of the molecule is C=c1nc2c(c(=O)[nH]1)=Nc1cc(C)c(C3CC3)cc1N2CCCc1ccccc1. The van der Waals surface area contributed by atoms with Crippen molar-refractivity contribution in [2.75, 3.05) is 11.4 Å². The second-order valence-electron chi connectivity index (χ2n) is 8.01. The highest BCUT2D eigenvalue weighted by Crippen LogP contribution is 2.46. The minimum Gasteiger partial charge on any atom is -0.322 e. The molecule has 2 aliphatic rings. The molecule has 5 heteroatoms. The smallest absolute Gasteiger partial charge is 0.279 e. The molecule has 29 heavy (non-hydrogen) atoms. The molecule has 0 spiro atoms. The number of nitrogens with one attached hydrogen (secondary N) is 1. The van der Waals surface area contributed by atoms with Crippen LogP contribution in [0.2, 0.25) is 0 Å². The first-order valence-corrected chi connectivity index (χ1v) is 10.2. The molecule has 0 atom stereocenters. The van der Waals surface area contributed by atoms with Crippen LogP contribution < -0.4 is 21.3 Å². The van der Waals surface area contributed by atoms with E-state index < -0.39 is 0 Å². The normalized spacial score (nSPS) is 14.9. The van der Waals surface area contributed by atoms with Gasteiger partial charge in [-0.3, -0.25) is 4.79 Å². The zero-order chi connectivity index (χ0) is 20.0. The number of hydrogen-bond donors (Lipinski definition) is 1. The Morgan fingerprint density at radius 3 is 2.76 bits per heavy atom. The molecule has 1 aliphatic carbocycles. The van der Waals surface area contributed by atoms with Gasteiger partial charge in [-0.2, -0.15) is 0 Å². The Kier molecular flexibility index (Phi) is 4.31. The topological polar surface area (TPSA) is 61.4 Å². The second-order valence-corrected chi connectivity index (χ2v) is 8.01. The first-order valence-electron chi connectivity index (χ1n) is 10.2. The van der Waals surface area contributed by atoms with Gasteiger partial charge in [0.2, 0.25) is 0 Å². The summed E-state index contributed by atoms with van der Waals surface area (Å²) >= 11 is 0. The van der Waals surface area contributed by atoms with Crippen molar-refractivity contribution in [1.29, 1.82) is 0 Å². The van der Waals surface area contributed by atoms with Crippen LogP contribution in [0.1, 0.15) is 41.9 Å². The van der Waals surface area contributed by atoms with E-state index in [-0.39, 0.29) is 5.56 Å². The Bertz CT molecular complexity index is 1240. The lowest BCUT2D eigenvalue weighted by Gasteiger charge is -2.29. The zero-order valence-electron chi connectivity index (χ0n) is 16.6. The molecule has 1 N–H and O–H groups in total. The molecule has 1 aromatic heterocycles. The van der Waals surface area contributed by atoms with Gasteiger partial charge in [-0.25, -0.2) is 9.98 Å². The van der Waals surface area contributed by atoms with Crippen LogP contribution in [0.25, 0.3) is 6.58 Å². The van der Waals surface area contributed by atoms with Crippen LogP contribution in [0, 0.1) is 6.92 Å². The Morgan fingerprint density at radius 2 is 2.00 bits per heavy atom. The van der Waals surface area contributed by atoms with E-state index in [0.717, 1.165) is 30.8 Å². The van der Waals surface area contributed by atoms with Gasteiger partial charge in [0.15, 0.2) is 11.2 Å². The Balaban J connectivity index is 1.57. The van der Waals surface area contributed by atoms with Gasteiger partial charge >= 0.3 is 0 Å². The average molecular weight is 384 g/mol. The fraction of sp³-hybridized carbons (Fsp3) is 0.292. The van der Waals surface area contributed by atoms with Crippen LogP contribution in [-0.4, -0.2) is 16.5 Å². The van der Waals surface area contributed by atoms with E-state index in [0.29, 0.717) is 22.6 Å². The summed E-state index contributed by atoms with van der Waals surface area (Å²) in [7, 11) is 0. The summed E-state index contributed by atoms with van der Waals surface area (Å²) in [6, 6.07) is 14.9. The van der Waals surface area contributed by atoms with Crippen molar-refractivity contribution in [3.63, 3.8) is 0 Å². The molecule has 146 valence electrons. The largest absolute Gasteiger partial charge is 0.322 e. The minimum atomic E-state index is -0.234. The summed E-state index contributed by atoms with van der Waals surface area (Å²) in [6.45, 7) is 6.75. The highest BCUT2D eigenvalue weighted by atomic mass is 16.1. The van der Waals surface area contributed by atoms with Crippen molar-refractivity contribution in [2.45, 2.75) is 38.5 Å². The van der Waals surface area contributed by atoms with Crippen molar-refractivity contribution < 1.29 is 0 Å². The number of aryl methyl sites for hydroxylation is 2. The number of rotatable bonds is 5. The van der Waals surface area contributed by atoms with Gasteiger partial charge in [-0.1, -0.05) is 36.9 Å². The Hall–Kier alpha value is -3.21. The summed E-state index contributed by atoms with van der Waals surface area (Å²) in [5.41, 5.74) is 6.00. The van der Waals surface area contributed by atoms with Gasteiger partial charge in [0.1, 0.15) is 5.48 Å². The molecule has 1 aliphatic heterocycles. The third kappa shape index (κ3) is 3.37. The molecule has 5 rings (SSSR count). The molecule has 0 unspecified atom stereocenters. The second kappa shape index (κ2) is 6.99. The lowest BCUT2D eigenvalue weighted by Crippen LogP contribution is -2.42. The molecule has 2 heterocycles. The molecular weight excluding hydrogens is 360 g/mol. The monoisotopic (exact) mass is 384 g/mol. The number of H-pyrrole nitrogens is 1. The first-order chi connectivity index (χ1) is 14.1. The van der Waals surface area contributed by atoms with Crippen molar-refractivity contribution in [3.05, 3.63) is 80.3 Å². The maximum Gasteiger partial charge on any atom is 0.279 e. The van der Waals surface area contributed by atoms with E-state index in [1.54, 1.807) is 0 Å². The molecule has 0 bridgehead atoms. The first kappa shape index (κ1) is 17.9. The fourth-order valence-corrected chi connectivity index (χ4v) is 4.17. The quantitative estimate of drug-likeness (QED) is 0.733. The van der Waals surface area contributed by atoms with Crippen LogP contribution in [0.4, 0.5) is 17.2 Å². The minimum absolute atomic E-state index is 0.234. The highest BCUT2D eigenvalue weighted by molar-refractivity contribution is 5.77. The van der Waals surface area contributed by atoms with Crippen molar-refractivity contribution in [3.8, 4) is 0 Å². The molecule has 1 saturated carbocycles. The van der Waals surface area contributed by atoms with Gasteiger partial charge < -0.3 is 9.88 Å². The van der Waals surface area contributed by atoms with Gasteiger partial charge in [0, 0.05) is 6.54 Å². The number of benzene rings is 2. The van der Waals surface area contributed by atoms with Crippen LogP contribution in [0.5, 0.6) is 0 Å². The Morgan fingerprint density at radius 1 is 1.21 bits per heavy atom. The lowest BCUT2D eigenvalue weighted by atomic mass is 10.0. The van der Waals surface area contributed by atoms with E-state index in [9.17, 15) is 4.79 Å². The third-order valence-corrected chi connectivity index (χ3v) is 5.77.